The summed E-state index contributed by atoms with van der Waals surface area (Å²) in [6.07, 6.45) is 0. The molecule has 0 radical (unpaired) electrons. The van der Waals surface area contributed by atoms with Crippen molar-refractivity contribution in [2.24, 2.45) is 0 Å². The molecule has 0 unspecified atom stereocenters. The summed E-state index contributed by atoms with van der Waals surface area (Å²) in [4.78, 5) is 23.9. The number of aromatic carboxylic acids is 1. The molecule has 0 spiro atoms. The van der Waals surface area contributed by atoms with Gasteiger partial charge < -0.3 is 5.11 Å². The van der Waals surface area contributed by atoms with Gasteiger partial charge in [-0.1, -0.05) is 48.5 Å². The highest BCUT2D eigenvalue weighted by atomic mass is 16.4. The molecule has 4 aromatic rings. The Morgan fingerprint density at radius 3 is 2.12 bits per heavy atom. The summed E-state index contributed by atoms with van der Waals surface area (Å²) in [6.45, 7) is 0. The summed E-state index contributed by atoms with van der Waals surface area (Å²) >= 11 is 0. The standard InChI is InChI=1S/C21H14N2O3/c24-20(14-6-2-1-3-7-14)19-17-8-4-5-9-18(17)23(22-19)16-12-10-15(11-13-16)21(25)26/h1-13H,(H,25,26). The van der Waals surface area contributed by atoms with Crippen molar-refractivity contribution < 1.29 is 14.7 Å². The summed E-state index contributed by atoms with van der Waals surface area (Å²) < 4.78 is 1.66. The maximum absolute atomic E-state index is 12.9. The van der Waals surface area contributed by atoms with E-state index in [9.17, 15) is 9.59 Å². The molecular formula is C21H14N2O3. The van der Waals surface area contributed by atoms with E-state index in [1.165, 1.54) is 12.1 Å². The molecule has 5 heteroatoms. The van der Waals surface area contributed by atoms with Gasteiger partial charge in [-0.3, -0.25) is 4.79 Å². The lowest BCUT2D eigenvalue weighted by Crippen LogP contribution is -2.04. The largest absolute Gasteiger partial charge is 0.478 e. The predicted octanol–water partition coefficient (Wildman–Crippen LogP) is 3.95. The van der Waals surface area contributed by atoms with Crippen LogP contribution in [0.15, 0.2) is 78.9 Å². The molecule has 0 aliphatic heterocycles. The minimum atomic E-state index is -0.984. The highest BCUT2D eigenvalue weighted by Crippen LogP contribution is 2.24. The number of para-hydroxylation sites is 1. The number of aromatic nitrogens is 2. The van der Waals surface area contributed by atoms with Crippen molar-refractivity contribution >= 4 is 22.7 Å². The smallest absolute Gasteiger partial charge is 0.335 e. The van der Waals surface area contributed by atoms with E-state index in [1.54, 1.807) is 28.9 Å². The molecule has 0 bridgehead atoms. The van der Waals surface area contributed by atoms with E-state index in [2.05, 4.69) is 5.10 Å². The van der Waals surface area contributed by atoms with Crippen LogP contribution in [-0.4, -0.2) is 26.6 Å². The van der Waals surface area contributed by atoms with Gasteiger partial charge in [0, 0.05) is 10.9 Å². The first-order valence-electron chi connectivity index (χ1n) is 8.06. The summed E-state index contributed by atoms with van der Waals surface area (Å²) in [5.74, 6) is -1.13. The minimum Gasteiger partial charge on any atom is -0.478 e. The molecule has 3 aromatic carbocycles. The number of benzene rings is 3. The fraction of sp³-hybridized carbons (Fsp3) is 0. The molecule has 0 amide bonds. The number of carbonyl (C=O) groups is 2. The third kappa shape index (κ3) is 2.65. The highest BCUT2D eigenvalue weighted by molar-refractivity contribution is 6.15. The van der Waals surface area contributed by atoms with Crippen LogP contribution in [0, 0.1) is 0 Å². The number of carboxylic acids is 1. The van der Waals surface area contributed by atoms with Crippen LogP contribution in [-0.2, 0) is 0 Å². The number of carboxylic acid groups (broad SMARTS) is 1. The zero-order chi connectivity index (χ0) is 18.1. The van der Waals surface area contributed by atoms with Crippen LogP contribution >= 0.6 is 0 Å². The molecule has 0 saturated heterocycles. The van der Waals surface area contributed by atoms with Crippen molar-refractivity contribution in [3.63, 3.8) is 0 Å². The SMILES string of the molecule is O=C(O)c1ccc(-n2nc(C(=O)c3ccccc3)c3ccccc32)cc1. The van der Waals surface area contributed by atoms with Gasteiger partial charge in [0.25, 0.3) is 0 Å². The second-order valence-electron chi connectivity index (χ2n) is 5.82. The summed E-state index contributed by atoms with van der Waals surface area (Å²) in [5.41, 5.74) is 2.62. The van der Waals surface area contributed by atoms with Crippen LogP contribution in [0.5, 0.6) is 0 Å². The van der Waals surface area contributed by atoms with Crippen molar-refractivity contribution in [1.29, 1.82) is 0 Å². The summed E-state index contributed by atoms with van der Waals surface area (Å²) in [5, 5.41) is 14.3. The Kier molecular flexibility index (Phi) is 3.82. The maximum Gasteiger partial charge on any atom is 0.335 e. The fourth-order valence-corrected chi connectivity index (χ4v) is 2.90. The van der Waals surface area contributed by atoms with E-state index in [-0.39, 0.29) is 11.3 Å². The van der Waals surface area contributed by atoms with Gasteiger partial charge in [0.05, 0.1) is 16.8 Å². The molecular weight excluding hydrogens is 328 g/mol. The average Bonchev–Trinajstić information content (AvgIpc) is 3.08. The van der Waals surface area contributed by atoms with Crippen molar-refractivity contribution in [3.05, 3.63) is 95.7 Å². The Bertz CT molecular complexity index is 1110. The van der Waals surface area contributed by atoms with E-state index in [4.69, 9.17) is 5.11 Å². The van der Waals surface area contributed by atoms with E-state index in [0.29, 0.717) is 16.9 Å². The lowest BCUT2D eigenvalue weighted by molar-refractivity contribution is 0.0696. The predicted molar refractivity (Wildman–Crippen MR) is 97.9 cm³/mol. The third-order valence-electron chi connectivity index (χ3n) is 4.20. The van der Waals surface area contributed by atoms with Gasteiger partial charge in [-0.15, -0.1) is 0 Å². The van der Waals surface area contributed by atoms with Gasteiger partial charge in [-0.25, -0.2) is 9.48 Å². The number of nitrogens with zero attached hydrogens (tertiary/aromatic N) is 2. The van der Waals surface area contributed by atoms with Gasteiger partial charge in [0.15, 0.2) is 0 Å². The molecule has 5 nitrogen and oxygen atoms in total. The van der Waals surface area contributed by atoms with E-state index in [1.807, 2.05) is 42.5 Å². The zero-order valence-electron chi connectivity index (χ0n) is 13.7. The zero-order valence-corrected chi connectivity index (χ0v) is 13.7. The van der Waals surface area contributed by atoms with Crippen molar-refractivity contribution in [1.82, 2.24) is 9.78 Å². The van der Waals surface area contributed by atoms with Crippen LogP contribution in [0.2, 0.25) is 0 Å². The lowest BCUT2D eigenvalue weighted by atomic mass is 10.1. The molecule has 0 fully saturated rings. The summed E-state index contributed by atoms with van der Waals surface area (Å²) in [6, 6.07) is 22.9. The van der Waals surface area contributed by atoms with Crippen LogP contribution in [0.1, 0.15) is 26.4 Å². The highest BCUT2D eigenvalue weighted by Gasteiger charge is 2.19. The topological polar surface area (TPSA) is 72.2 Å². The van der Waals surface area contributed by atoms with Crippen molar-refractivity contribution in [2.45, 2.75) is 0 Å². The van der Waals surface area contributed by atoms with Crippen LogP contribution in [0.4, 0.5) is 0 Å². The summed E-state index contributed by atoms with van der Waals surface area (Å²) in [7, 11) is 0. The van der Waals surface area contributed by atoms with E-state index in [0.717, 1.165) is 10.9 Å². The second-order valence-corrected chi connectivity index (χ2v) is 5.82. The van der Waals surface area contributed by atoms with Gasteiger partial charge in [-0.2, -0.15) is 5.10 Å². The molecule has 126 valence electrons. The number of rotatable bonds is 4. The van der Waals surface area contributed by atoms with Gasteiger partial charge in [0.2, 0.25) is 5.78 Å². The Hall–Kier alpha value is -3.73. The third-order valence-corrected chi connectivity index (χ3v) is 4.20. The van der Waals surface area contributed by atoms with Crippen LogP contribution in [0.3, 0.4) is 0 Å². The number of hydrogen-bond acceptors (Lipinski definition) is 3. The van der Waals surface area contributed by atoms with Crippen LogP contribution < -0.4 is 0 Å². The lowest BCUT2D eigenvalue weighted by Gasteiger charge is -2.03. The quantitative estimate of drug-likeness (QED) is 0.570. The maximum atomic E-state index is 12.9. The molecule has 1 N–H and O–H groups in total. The first-order valence-corrected chi connectivity index (χ1v) is 8.06. The van der Waals surface area contributed by atoms with Gasteiger partial charge in [0.1, 0.15) is 5.69 Å². The first-order chi connectivity index (χ1) is 12.6. The number of fused-ring (bicyclic) bond motifs is 1. The van der Waals surface area contributed by atoms with E-state index < -0.39 is 5.97 Å². The average molecular weight is 342 g/mol. The number of ketones is 1. The van der Waals surface area contributed by atoms with Crippen molar-refractivity contribution in [2.75, 3.05) is 0 Å². The van der Waals surface area contributed by atoms with Gasteiger partial charge >= 0.3 is 5.97 Å². The monoisotopic (exact) mass is 342 g/mol. The molecule has 0 saturated carbocycles. The van der Waals surface area contributed by atoms with Crippen LogP contribution in [0.25, 0.3) is 16.6 Å². The first kappa shape index (κ1) is 15.8. The van der Waals surface area contributed by atoms with E-state index >= 15 is 0 Å². The molecule has 1 aromatic heterocycles. The molecule has 1 heterocycles. The molecule has 0 aliphatic rings. The molecule has 0 aliphatic carbocycles. The molecule has 26 heavy (non-hydrogen) atoms. The number of hydrogen-bond donors (Lipinski definition) is 1. The molecule has 0 atom stereocenters. The van der Waals surface area contributed by atoms with Crippen molar-refractivity contribution in [3.8, 4) is 5.69 Å². The molecule has 4 rings (SSSR count). The Balaban J connectivity index is 1.87. The Morgan fingerprint density at radius 2 is 1.42 bits per heavy atom. The Morgan fingerprint density at radius 1 is 0.769 bits per heavy atom. The fourth-order valence-electron chi connectivity index (χ4n) is 2.90. The minimum absolute atomic E-state index is 0.150. The normalized spacial score (nSPS) is 10.8. The van der Waals surface area contributed by atoms with Gasteiger partial charge in [-0.05, 0) is 30.3 Å². The second kappa shape index (κ2) is 6.29. The number of carbonyl (C=O) groups excluding carboxylic acids is 1. The Labute approximate surface area is 149 Å².